The average Bonchev–Trinajstić information content (AvgIpc) is 3.50. The molecular weight excluding hydrogens is 522 g/mol. The van der Waals surface area contributed by atoms with E-state index in [1.807, 2.05) is 36.4 Å². The molecule has 2 aliphatic rings. The van der Waals surface area contributed by atoms with Gasteiger partial charge >= 0.3 is 5.97 Å². The number of carbonyl (C=O) groups is 1. The Morgan fingerprint density at radius 1 is 0.811 bits per heavy atom. The van der Waals surface area contributed by atoms with Crippen molar-refractivity contribution in [3.05, 3.63) is 118 Å². The van der Waals surface area contributed by atoms with Gasteiger partial charge in [0.2, 0.25) is 0 Å². The second-order valence-corrected chi connectivity index (χ2v) is 10.1. The summed E-state index contributed by atoms with van der Waals surface area (Å²) in [6, 6.07) is 13.6. The minimum atomic E-state index is -0.932. The lowest BCUT2D eigenvalue weighted by Crippen LogP contribution is -2.06. The fourth-order valence-electron chi connectivity index (χ4n) is 4.31. The van der Waals surface area contributed by atoms with Gasteiger partial charge in [-0.3, -0.25) is 30.3 Å². The molecule has 0 bridgehead atoms. The second kappa shape index (κ2) is 9.19. The van der Waals surface area contributed by atoms with Gasteiger partial charge in [0.15, 0.2) is 0 Å². The molecule has 37 heavy (non-hydrogen) atoms. The Morgan fingerprint density at radius 2 is 1.43 bits per heavy atom. The molecule has 0 unspecified atom stereocenters. The molecule has 0 saturated carbocycles. The number of carbonyl (C=O) groups excluding carboxylic acids is 1. The highest BCUT2D eigenvalue weighted by Gasteiger charge is 2.40. The molecule has 1 aliphatic carbocycles. The van der Waals surface area contributed by atoms with Crippen LogP contribution >= 0.6 is 21.6 Å². The van der Waals surface area contributed by atoms with E-state index in [4.69, 9.17) is 4.74 Å². The first-order chi connectivity index (χ1) is 17.7. The van der Waals surface area contributed by atoms with Crippen molar-refractivity contribution >= 4 is 55.1 Å². The van der Waals surface area contributed by atoms with E-state index in [9.17, 15) is 35.1 Å². The molecule has 3 aromatic carbocycles. The molecule has 0 radical (unpaired) electrons. The van der Waals surface area contributed by atoms with Crippen molar-refractivity contribution in [3.8, 4) is 11.1 Å². The van der Waals surface area contributed by atoms with Crippen LogP contribution in [0.25, 0.3) is 21.6 Å². The third kappa shape index (κ3) is 4.03. The van der Waals surface area contributed by atoms with Crippen molar-refractivity contribution < 1.29 is 24.3 Å². The number of hydrogen-bond acceptors (Lipinski definition) is 10. The maximum atomic E-state index is 12.7. The van der Waals surface area contributed by atoms with Crippen LogP contribution in [0.2, 0.25) is 0 Å². The lowest BCUT2D eigenvalue weighted by molar-refractivity contribution is -0.393. The molecule has 1 heterocycles. The van der Waals surface area contributed by atoms with Crippen molar-refractivity contribution in [2.75, 3.05) is 7.11 Å². The first-order valence-electron chi connectivity index (χ1n) is 10.5. The van der Waals surface area contributed by atoms with Gasteiger partial charge in [-0.2, -0.15) is 0 Å². The maximum absolute atomic E-state index is 12.7. The van der Waals surface area contributed by atoms with Crippen LogP contribution in [0.3, 0.4) is 0 Å². The Bertz CT molecular complexity index is 1620. The van der Waals surface area contributed by atoms with Crippen LogP contribution in [-0.2, 0) is 4.74 Å². The number of allylic oxidation sites excluding steroid dienone is 1. The van der Waals surface area contributed by atoms with Gasteiger partial charge in [-0.1, -0.05) is 51.9 Å². The van der Waals surface area contributed by atoms with Crippen LogP contribution in [0.1, 0.15) is 27.0 Å². The molecule has 0 amide bonds. The molecular formula is C24H13N3O8S2. The third-order valence-corrected chi connectivity index (χ3v) is 8.27. The molecule has 11 nitrogen and oxygen atoms in total. The molecule has 13 heteroatoms. The molecule has 1 aliphatic heterocycles. The van der Waals surface area contributed by atoms with Crippen molar-refractivity contribution in [3.63, 3.8) is 0 Å². The van der Waals surface area contributed by atoms with Crippen molar-refractivity contribution in [1.29, 1.82) is 0 Å². The molecule has 0 aromatic heterocycles. The number of hydrogen-bond donors (Lipinski definition) is 0. The first-order valence-corrected chi connectivity index (χ1v) is 12.6. The topological polar surface area (TPSA) is 156 Å². The van der Waals surface area contributed by atoms with Gasteiger partial charge in [0.05, 0.1) is 39.1 Å². The average molecular weight is 536 g/mol. The van der Waals surface area contributed by atoms with Crippen LogP contribution in [0.4, 0.5) is 17.1 Å². The predicted octanol–water partition coefficient (Wildman–Crippen LogP) is 6.37. The fraction of sp³-hybridized carbons (Fsp3) is 0.0417. The van der Waals surface area contributed by atoms with Gasteiger partial charge in [-0.05, 0) is 17.2 Å². The maximum Gasteiger partial charge on any atom is 0.338 e. The molecule has 0 saturated heterocycles. The number of esters is 1. The number of fused-ring (bicyclic) bond motifs is 3. The van der Waals surface area contributed by atoms with E-state index >= 15 is 0 Å². The van der Waals surface area contributed by atoms with Gasteiger partial charge in [-0.25, -0.2) is 4.79 Å². The van der Waals surface area contributed by atoms with Gasteiger partial charge in [0, 0.05) is 44.7 Å². The fourth-order valence-corrected chi connectivity index (χ4v) is 6.79. The first kappa shape index (κ1) is 24.2. The minimum absolute atomic E-state index is 0.0319. The van der Waals surface area contributed by atoms with E-state index in [-0.39, 0.29) is 27.8 Å². The number of nitro groups is 3. The lowest BCUT2D eigenvalue weighted by atomic mass is 9.97. The molecule has 0 spiro atoms. The highest BCUT2D eigenvalue weighted by atomic mass is 33.1. The third-order valence-electron chi connectivity index (χ3n) is 5.83. The SMILES string of the molecule is COC(=O)c1cc([N+](=O)[O-])cc2c1-c1c(cc([N+](=O)[O-])cc1[N+](=O)[O-])C2=C1C=C(c2ccccc2)SS1. The van der Waals surface area contributed by atoms with E-state index in [2.05, 4.69) is 0 Å². The summed E-state index contributed by atoms with van der Waals surface area (Å²) < 4.78 is 4.83. The van der Waals surface area contributed by atoms with Gasteiger partial charge in [-0.15, -0.1) is 0 Å². The Hall–Kier alpha value is -4.49. The highest BCUT2D eigenvalue weighted by molar-refractivity contribution is 8.82. The van der Waals surface area contributed by atoms with E-state index in [1.165, 1.54) is 33.7 Å². The number of benzene rings is 3. The van der Waals surface area contributed by atoms with Crippen LogP contribution in [0.15, 0.2) is 65.6 Å². The number of methoxy groups -OCH3 is 1. The van der Waals surface area contributed by atoms with Crippen LogP contribution in [-0.4, -0.2) is 27.8 Å². The molecule has 5 rings (SSSR count). The number of ether oxygens (including phenoxy) is 1. The summed E-state index contributed by atoms with van der Waals surface area (Å²) in [5, 5.41) is 35.5. The number of nitrogens with zero attached hydrogens (tertiary/aromatic N) is 3. The van der Waals surface area contributed by atoms with Gasteiger partial charge in [0.25, 0.3) is 17.1 Å². The smallest absolute Gasteiger partial charge is 0.338 e. The molecule has 0 fully saturated rings. The molecule has 184 valence electrons. The number of nitro benzene ring substituents is 3. The zero-order chi connectivity index (χ0) is 26.4. The molecule has 0 atom stereocenters. The van der Waals surface area contributed by atoms with Gasteiger partial charge in [0.1, 0.15) is 0 Å². The van der Waals surface area contributed by atoms with E-state index in [0.29, 0.717) is 10.5 Å². The largest absolute Gasteiger partial charge is 0.465 e. The highest BCUT2D eigenvalue weighted by Crippen LogP contribution is 2.59. The number of rotatable bonds is 5. The van der Waals surface area contributed by atoms with Crippen molar-refractivity contribution in [2.24, 2.45) is 0 Å². The lowest BCUT2D eigenvalue weighted by Gasteiger charge is -2.09. The Balaban J connectivity index is 1.92. The van der Waals surface area contributed by atoms with E-state index in [0.717, 1.165) is 29.7 Å². The van der Waals surface area contributed by atoms with Gasteiger partial charge < -0.3 is 4.74 Å². The monoisotopic (exact) mass is 535 g/mol. The quantitative estimate of drug-likeness (QED) is 0.122. The summed E-state index contributed by atoms with van der Waals surface area (Å²) >= 11 is 0. The summed E-state index contributed by atoms with van der Waals surface area (Å²) in [6.45, 7) is 0. The zero-order valence-corrected chi connectivity index (χ0v) is 20.3. The number of non-ortho nitro benzene ring substituents is 2. The Morgan fingerprint density at radius 3 is 2.03 bits per heavy atom. The second-order valence-electron chi connectivity index (χ2n) is 7.85. The zero-order valence-electron chi connectivity index (χ0n) is 18.7. The van der Waals surface area contributed by atoms with Crippen LogP contribution in [0, 0.1) is 30.3 Å². The predicted molar refractivity (Wildman–Crippen MR) is 139 cm³/mol. The van der Waals surface area contributed by atoms with E-state index < -0.39 is 37.8 Å². The summed E-state index contributed by atoms with van der Waals surface area (Å²) in [5.74, 6) is -0.932. The Labute approximate surface area is 215 Å². The molecule has 3 aromatic rings. The molecule has 0 N–H and O–H groups in total. The standard InChI is InChI=1S/C24H13N3O8S2/c1-35-24(28)17-9-13(25(29)30)7-15-21(20-11-19(36-37-20)12-5-3-2-4-6-12)16-8-14(26(31)32)10-18(27(33)34)23(16)22(15)17/h2-11H,1H3. The van der Waals surface area contributed by atoms with Crippen molar-refractivity contribution in [1.82, 2.24) is 0 Å². The van der Waals surface area contributed by atoms with E-state index in [1.54, 1.807) is 0 Å². The van der Waals surface area contributed by atoms with Crippen molar-refractivity contribution in [2.45, 2.75) is 0 Å². The normalized spacial score (nSPS) is 15.5. The summed E-state index contributed by atoms with van der Waals surface area (Å²) in [5.41, 5.74) is -0.205. The summed E-state index contributed by atoms with van der Waals surface area (Å²) in [6.07, 6.45) is 1.82. The minimum Gasteiger partial charge on any atom is -0.465 e. The summed E-state index contributed by atoms with van der Waals surface area (Å²) in [4.78, 5) is 47.4. The van der Waals surface area contributed by atoms with Crippen LogP contribution < -0.4 is 0 Å². The Kier molecular flexibility index (Phi) is 6.01. The van der Waals surface area contributed by atoms with Crippen LogP contribution in [0.5, 0.6) is 0 Å². The summed E-state index contributed by atoms with van der Waals surface area (Å²) in [7, 11) is 3.81.